The number of aryl methyl sites for hydroxylation is 2. The number of hydrogen-bond donors (Lipinski definition) is 0. The number of ether oxygens (including phenoxy) is 1. The van der Waals surface area contributed by atoms with E-state index in [4.69, 9.17) is 4.74 Å². The molecule has 0 heterocycles. The van der Waals surface area contributed by atoms with E-state index in [1.54, 1.807) is 19.2 Å². The smallest absolute Gasteiger partial charge is 0.184 e. The van der Waals surface area contributed by atoms with Gasteiger partial charge in [0.05, 0.1) is 17.3 Å². The highest BCUT2D eigenvalue weighted by Crippen LogP contribution is 2.34. The van der Waals surface area contributed by atoms with Gasteiger partial charge in [-0.25, -0.2) is 8.42 Å². The summed E-state index contributed by atoms with van der Waals surface area (Å²) in [5, 5.41) is -0.516. The van der Waals surface area contributed by atoms with Gasteiger partial charge in [0.1, 0.15) is 5.75 Å². The van der Waals surface area contributed by atoms with E-state index >= 15 is 0 Å². The van der Waals surface area contributed by atoms with Gasteiger partial charge in [-0.2, -0.15) is 0 Å². The number of methoxy groups -OCH3 is 1. The van der Waals surface area contributed by atoms with Gasteiger partial charge in [0, 0.05) is 0 Å². The molecule has 2 aromatic rings. The van der Waals surface area contributed by atoms with E-state index in [1.165, 1.54) is 22.3 Å². The maximum Gasteiger partial charge on any atom is 0.184 e. The minimum absolute atomic E-state index is 0.336. The van der Waals surface area contributed by atoms with Crippen molar-refractivity contribution in [1.82, 2.24) is 0 Å². The third-order valence-electron chi connectivity index (χ3n) is 7.65. The second-order valence-electron chi connectivity index (χ2n) is 11.3. The maximum absolute atomic E-state index is 13.9. The van der Waals surface area contributed by atoms with Crippen LogP contribution in [0.2, 0.25) is 0 Å². The molecule has 0 spiro atoms. The van der Waals surface area contributed by atoms with E-state index in [-0.39, 0.29) is 0 Å². The van der Waals surface area contributed by atoms with Gasteiger partial charge in [0.15, 0.2) is 9.84 Å². The highest BCUT2D eigenvalue weighted by molar-refractivity contribution is 7.92. The number of allylic oxidation sites excluding steroid dienone is 5. The third-order valence-corrected chi connectivity index (χ3v) is 9.71. The summed E-state index contributed by atoms with van der Waals surface area (Å²) in [6.45, 7) is 10.5. The topological polar surface area (TPSA) is 43.4 Å². The van der Waals surface area contributed by atoms with E-state index in [1.807, 2.05) is 31.2 Å². The molecule has 0 radical (unpaired) electrons. The first-order valence-electron chi connectivity index (χ1n) is 14.0. The van der Waals surface area contributed by atoms with Crippen LogP contribution >= 0.6 is 0 Å². The van der Waals surface area contributed by atoms with E-state index in [2.05, 4.69) is 52.0 Å². The predicted octanol–water partition coefficient (Wildman–Crippen LogP) is 8.76. The normalized spacial score (nSPS) is 17.1. The molecule has 2 unspecified atom stereocenters. The fourth-order valence-corrected chi connectivity index (χ4v) is 7.09. The second kappa shape index (κ2) is 14.0. The van der Waals surface area contributed by atoms with Crippen molar-refractivity contribution in [3.05, 3.63) is 94.1 Å². The van der Waals surface area contributed by atoms with Crippen molar-refractivity contribution in [3.63, 3.8) is 0 Å². The van der Waals surface area contributed by atoms with Gasteiger partial charge in [-0.05, 0) is 127 Å². The standard InChI is InChI=1S/C34H46O3S/c1-25(2)9-7-10-26(3)11-8-12-28(5)21-34(38(35,36)33-19-13-27(4)14-20-33)23-29-15-16-31-24-32(37-6)18-17-30(31)22-29/h9,11,13-14,17-21,24,29,34H,7-8,10,12,15-16,22-23H2,1-6H3/b26-11+,28-21+. The summed E-state index contributed by atoms with van der Waals surface area (Å²) in [7, 11) is -1.78. The molecular weight excluding hydrogens is 488 g/mol. The fraction of sp³-hybridized carbons (Fsp3) is 0.471. The third kappa shape index (κ3) is 8.73. The molecule has 0 bridgehead atoms. The lowest BCUT2D eigenvalue weighted by Gasteiger charge is -2.28. The molecule has 2 atom stereocenters. The summed E-state index contributed by atoms with van der Waals surface area (Å²) in [6.07, 6.45) is 14.2. The molecule has 206 valence electrons. The lowest BCUT2D eigenvalue weighted by Crippen LogP contribution is -2.26. The molecule has 0 aromatic heterocycles. The lowest BCUT2D eigenvalue weighted by molar-refractivity contribution is 0.407. The minimum atomic E-state index is -3.48. The molecule has 2 aromatic carbocycles. The molecule has 0 N–H and O–H groups in total. The van der Waals surface area contributed by atoms with Crippen molar-refractivity contribution < 1.29 is 13.2 Å². The second-order valence-corrected chi connectivity index (χ2v) is 13.5. The van der Waals surface area contributed by atoms with Gasteiger partial charge < -0.3 is 4.74 Å². The zero-order chi connectivity index (χ0) is 27.7. The van der Waals surface area contributed by atoms with Crippen LogP contribution in [0.5, 0.6) is 5.75 Å². The van der Waals surface area contributed by atoms with Crippen LogP contribution in [0.3, 0.4) is 0 Å². The summed E-state index contributed by atoms with van der Waals surface area (Å²) in [5.41, 5.74) is 7.63. The molecule has 0 amide bonds. The molecule has 4 heteroatoms. The zero-order valence-corrected chi connectivity index (χ0v) is 25.0. The Morgan fingerprint density at radius 2 is 1.63 bits per heavy atom. The van der Waals surface area contributed by atoms with Crippen molar-refractivity contribution in [2.75, 3.05) is 7.11 Å². The highest BCUT2D eigenvalue weighted by atomic mass is 32.2. The van der Waals surface area contributed by atoms with E-state index < -0.39 is 15.1 Å². The Balaban J connectivity index is 1.76. The summed E-state index contributed by atoms with van der Waals surface area (Å²) in [6, 6.07) is 13.6. The average molecular weight is 535 g/mol. The largest absolute Gasteiger partial charge is 0.497 e. The highest BCUT2D eigenvalue weighted by Gasteiger charge is 2.30. The summed E-state index contributed by atoms with van der Waals surface area (Å²) >= 11 is 0. The van der Waals surface area contributed by atoms with Gasteiger partial charge in [0.2, 0.25) is 0 Å². The summed E-state index contributed by atoms with van der Waals surface area (Å²) in [4.78, 5) is 0.424. The van der Waals surface area contributed by atoms with E-state index in [0.717, 1.165) is 61.8 Å². The first-order chi connectivity index (χ1) is 18.1. The van der Waals surface area contributed by atoms with Crippen molar-refractivity contribution >= 4 is 9.84 Å². The Morgan fingerprint density at radius 3 is 2.32 bits per heavy atom. The molecule has 0 saturated heterocycles. The molecule has 3 rings (SSSR count). The molecule has 1 aliphatic rings. The minimum Gasteiger partial charge on any atom is -0.497 e. The molecule has 3 nitrogen and oxygen atoms in total. The van der Waals surface area contributed by atoms with Gasteiger partial charge >= 0.3 is 0 Å². The van der Waals surface area contributed by atoms with Crippen LogP contribution in [-0.2, 0) is 22.7 Å². The van der Waals surface area contributed by atoms with Crippen LogP contribution < -0.4 is 4.74 Å². The van der Waals surface area contributed by atoms with Gasteiger partial charge in [-0.15, -0.1) is 0 Å². The van der Waals surface area contributed by atoms with Crippen molar-refractivity contribution in [2.45, 2.75) is 96.1 Å². The molecule has 38 heavy (non-hydrogen) atoms. The number of fused-ring (bicyclic) bond motifs is 1. The van der Waals surface area contributed by atoms with E-state index in [0.29, 0.717) is 17.2 Å². The number of sulfone groups is 1. The van der Waals surface area contributed by atoms with Gasteiger partial charge in [0.25, 0.3) is 0 Å². The van der Waals surface area contributed by atoms with Crippen LogP contribution in [0.4, 0.5) is 0 Å². The van der Waals surface area contributed by atoms with Crippen LogP contribution in [0, 0.1) is 12.8 Å². The van der Waals surface area contributed by atoms with Crippen molar-refractivity contribution in [3.8, 4) is 5.75 Å². The quantitative estimate of drug-likeness (QED) is 0.256. The van der Waals surface area contributed by atoms with Gasteiger partial charge in [-0.1, -0.05) is 58.7 Å². The fourth-order valence-electron chi connectivity index (χ4n) is 5.29. The summed E-state index contributed by atoms with van der Waals surface area (Å²) in [5.74, 6) is 1.23. The Bertz CT molecular complexity index is 1260. The Labute approximate surface area is 231 Å². The van der Waals surface area contributed by atoms with Crippen molar-refractivity contribution in [1.29, 1.82) is 0 Å². The zero-order valence-electron chi connectivity index (χ0n) is 24.2. The Kier molecular flexibility index (Phi) is 11.0. The number of rotatable bonds is 12. The maximum atomic E-state index is 13.9. The van der Waals surface area contributed by atoms with E-state index in [9.17, 15) is 8.42 Å². The number of benzene rings is 2. The molecule has 0 aliphatic heterocycles. The predicted molar refractivity (Wildman–Crippen MR) is 161 cm³/mol. The first-order valence-corrected chi connectivity index (χ1v) is 15.6. The van der Waals surface area contributed by atoms with Crippen LogP contribution in [0.15, 0.2) is 82.3 Å². The Morgan fingerprint density at radius 1 is 0.947 bits per heavy atom. The monoisotopic (exact) mass is 534 g/mol. The van der Waals surface area contributed by atoms with Gasteiger partial charge in [-0.3, -0.25) is 0 Å². The molecule has 1 aliphatic carbocycles. The summed E-state index contributed by atoms with van der Waals surface area (Å²) < 4.78 is 33.1. The van der Waals surface area contributed by atoms with Crippen LogP contribution in [-0.4, -0.2) is 20.8 Å². The first kappa shape index (κ1) is 30.0. The Hall–Kier alpha value is -2.59. The molecule has 0 saturated carbocycles. The van der Waals surface area contributed by atoms with Crippen LogP contribution in [0.1, 0.15) is 82.9 Å². The van der Waals surface area contributed by atoms with Crippen molar-refractivity contribution in [2.24, 2.45) is 5.92 Å². The molecule has 0 fully saturated rings. The number of hydrogen-bond acceptors (Lipinski definition) is 3. The average Bonchev–Trinajstić information content (AvgIpc) is 2.88. The SMILES string of the molecule is COc1ccc2c(c1)CCC(CC(/C=C(\C)CC/C=C(\C)CCC=C(C)C)S(=O)(=O)c1ccc(C)cc1)C2. The molecular formula is C34H46O3S. The van der Waals surface area contributed by atoms with Crippen LogP contribution in [0.25, 0.3) is 0 Å². The lowest BCUT2D eigenvalue weighted by atomic mass is 9.81.